The first-order chi connectivity index (χ1) is 3.48. The fraction of sp³-hybridized carbons (Fsp3) is 0.667. The Bertz CT molecular complexity index is 97.2. The van der Waals surface area contributed by atoms with Crippen molar-refractivity contribution < 1.29 is 14.6 Å². The van der Waals surface area contributed by atoms with Crippen molar-refractivity contribution in [1.29, 1.82) is 0 Å². The van der Waals surface area contributed by atoms with Crippen molar-refractivity contribution in [1.82, 2.24) is 0 Å². The molecule has 0 rings (SSSR count). The highest BCUT2D eigenvalue weighted by molar-refractivity contribution is 7.82. The molecule has 1 unspecified atom stereocenters. The number of aliphatic hydroxyl groups is 1. The summed E-state index contributed by atoms with van der Waals surface area (Å²) in [6, 6.07) is 0. The molecule has 0 aromatic rings. The van der Waals surface area contributed by atoms with Gasteiger partial charge in [-0.05, 0) is 0 Å². The van der Waals surface area contributed by atoms with Crippen LogP contribution in [0.25, 0.3) is 0 Å². The van der Waals surface area contributed by atoms with Crippen LogP contribution in [0, 0.1) is 0 Å². The molecule has 4 nitrogen and oxygen atoms in total. The van der Waals surface area contributed by atoms with E-state index in [4.69, 9.17) is 10.8 Å². The van der Waals surface area contributed by atoms with Crippen LogP contribution in [-0.2, 0) is 9.53 Å². The largest absolute Gasteiger partial charge is 0.465 e. The van der Waals surface area contributed by atoms with Gasteiger partial charge in [-0.2, -0.15) is 0 Å². The van der Waals surface area contributed by atoms with Gasteiger partial charge in [-0.1, -0.05) is 0 Å². The first-order valence-electron chi connectivity index (χ1n) is 1.80. The molecule has 0 spiro atoms. The lowest BCUT2D eigenvalue weighted by Crippen LogP contribution is -2.42. The molecule has 0 amide bonds. The van der Waals surface area contributed by atoms with E-state index in [1.807, 2.05) is 0 Å². The van der Waals surface area contributed by atoms with Gasteiger partial charge in [-0.15, -0.1) is 12.6 Å². The van der Waals surface area contributed by atoms with Crippen LogP contribution in [0.2, 0.25) is 0 Å². The molecule has 0 aromatic carbocycles. The normalized spacial score (nSPS) is 17.0. The van der Waals surface area contributed by atoms with Crippen molar-refractivity contribution in [3.05, 3.63) is 0 Å². The first kappa shape index (κ1) is 7.74. The zero-order valence-electron chi connectivity index (χ0n) is 4.29. The molecule has 5 heteroatoms. The van der Waals surface area contributed by atoms with Gasteiger partial charge in [-0.3, -0.25) is 5.73 Å². The molecule has 0 aliphatic carbocycles. The van der Waals surface area contributed by atoms with Crippen LogP contribution in [0.4, 0.5) is 0 Å². The molecule has 48 valence electrons. The average Bonchev–Trinajstić information content (AvgIpc) is 1.62. The number of hydrogen-bond acceptors (Lipinski definition) is 5. The monoisotopic (exact) mass is 137 g/mol. The van der Waals surface area contributed by atoms with Gasteiger partial charge in [0, 0.05) is 0 Å². The minimum Gasteiger partial charge on any atom is -0.465 e. The Labute approximate surface area is 52.0 Å². The Hall–Kier alpha value is -0.260. The molecular formula is C3H7NO3S. The smallest absolute Gasteiger partial charge is 0.364 e. The molecule has 8 heavy (non-hydrogen) atoms. The molecule has 0 aliphatic rings. The number of methoxy groups -OCH3 is 1. The van der Waals surface area contributed by atoms with Crippen molar-refractivity contribution in [2.24, 2.45) is 5.73 Å². The number of esters is 1. The summed E-state index contributed by atoms with van der Waals surface area (Å²) in [5.41, 5.74) is 4.73. The highest BCUT2D eigenvalue weighted by Crippen LogP contribution is 2.00. The lowest BCUT2D eigenvalue weighted by molar-refractivity contribution is -0.152. The fourth-order valence-electron chi connectivity index (χ4n) is 0.150. The van der Waals surface area contributed by atoms with E-state index in [1.54, 1.807) is 0 Å². The van der Waals surface area contributed by atoms with Gasteiger partial charge in [0.15, 0.2) is 0 Å². The Morgan fingerprint density at radius 1 is 2.00 bits per heavy atom. The lowest BCUT2D eigenvalue weighted by Gasteiger charge is -2.10. The molecule has 0 aromatic heterocycles. The molecule has 0 saturated carbocycles. The first-order valence-corrected chi connectivity index (χ1v) is 2.25. The second-order valence-corrected chi connectivity index (χ2v) is 1.90. The predicted octanol–water partition coefficient (Wildman–Crippen LogP) is -1.31. The van der Waals surface area contributed by atoms with Crippen molar-refractivity contribution in [2.75, 3.05) is 7.11 Å². The molecule has 0 heterocycles. The van der Waals surface area contributed by atoms with E-state index in [0.717, 1.165) is 7.11 Å². The summed E-state index contributed by atoms with van der Waals surface area (Å²) in [6.07, 6.45) is 0. The number of carbonyl (C=O) groups excluding carboxylic acids is 1. The zero-order valence-corrected chi connectivity index (χ0v) is 5.18. The van der Waals surface area contributed by atoms with E-state index in [-0.39, 0.29) is 0 Å². The summed E-state index contributed by atoms with van der Waals surface area (Å²) in [4.78, 5) is 10.2. The van der Waals surface area contributed by atoms with Crippen molar-refractivity contribution in [2.45, 2.75) is 5.06 Å². The molecule has 0 bridgehead atoms. The number of nitrogens with two attached hydrogens (primary N) is 1. The van der Waals surface area contributed by atoms with E-state index in [2.05, 4.69) is 17.4 Å². The molecule has 0 radical (unpaired) electrons. The van der Waals surface area contributed by atoms with E-state index in [9.17, 15) is 4.79 Å². The third-order valence-electron chi connectivity index (χ3n) is 0.486. The van der Waals surface area contributed by atoms with Crippen LogP contribution < -0.4 is 5.73 Å². The molecule has 1 atom stereocenters. The maximum Gasteiger partial charge on any atom is 0.364 e. The van der Waals surface area contributed by atoms with Gasteiger partial charge >= 0.3 is 5.97 Å². The van der Waals surface area contributed by atoms with Crippen LogP contribution in [0.15, 0.2) is 0 Å². The Morgan fingerprint density at radius 2 is 2.38 bits per heavy atom. The quantitative estimate of drug-likeness (QED) is 0.238. The van der Waals surface area contributed by atoms with Crippen LogP contribution in [0.3, 0.4) is 0 Å². The van der Waals surface area contributed by atoms with Crippen LogP contribution in [0.1, 0.15) is 0 Å². The number of hydrogen-bond donors (Lipinski definition) is 3. The highest BCUT2D eigenvalue weighted by atomic mass is 32.1. The number of carbonyl (C=O) groups is 1. The molecular weight excluding hydrogens is 130 g/mol. The van der Waals surface area contributed by atoms with Crippen molar-refractivity contribution >= 4 is 18.6 Å². The Kier molecular flexibility index (Phi) is 2.26. The molecule has 0 saturated heterocycles. The maximum absolute atomic E-state index is 10.2. The number of ether oxygens (including phenoxy) is 1. The minimum absolute atomic E-state index is 0.971. The minimum atomic E-state index is -2.16. The number of rotatable bonds is 1. The van der Waals surface area contributed by atoms with Gasteiger partial charge in [-0.25, -0.2) is 4.79 Å². The zero-order chi connectivity index (χ0) is 6.78. The predicted molar refractivity (Wildman–Crippen MR) is 30.1 cm³/mol. The molecule has 3 N–H and O–H groups in total. The fourth-order valence-corrected chi connectivity index (χ4v) is 0.241. The standard InChI is InChI=1S/C3H7NO3S/c1-7-2(5)3(4,6)8/h6,8H,4H2,1H3. The van der Waals surface area contributed by atoms with Gasteiger partial charge in [0.05, 0.1) is 7.11 Å². The third-order valence-corrected chi connectivity index (χ3v) is 0.668. The van der Waals surface area contributed by atoms with Gasteiger partial charge in [0.1, 0.15) is 0 Å². The second-order valence-electron chi connectivity index (χ2n) is 1.22. The molecule has 0 fully saturated rings. The van der Waals surface area contributed by atoms with Crippen LogP contribution >= 0.6 is 12.6 Å². The summed E-state index contributed by atoms with van der Waals surface area (Å²) in [5.74, 6) is -0.971. The summed E-state index contributed by atoms with van der Waals surface area (Å²) < 4.78 is 4.02. The summed E-state index contributed by atoms with van der Waals surface area (Å²) in [6.45, 7) is 0. The Balaban J connectivity index is 3.82. The van der Waals surface area contributed by atoms with Gasteiger partial charge < -0.3 is 9.84 Å². The number of thiol groups is 1. The highest BCUT2D eigenvalue weighted by Gasteiger charge is 2.26. The van der Waals surface area contributed by atoms with E-state index in [0.29, 0.717) is 0 Å². The molecule has 0 aliphatic heterocycles. The van der Waals surface area contributed by atoms with E-state index in [1.165, 1.54) is 0 Å². The van der Waals surface area contributed by atoms with Crippen LogP contribution in [-0.4, -0.2) is 23.2 Å². The van der Waals surface area contributed by atoms with Crippen molar-refractivity contribution in [3.8, 4) is 0 Å². The van der Waals surface area contributed by atoms with Gasteiger partial charge in [0.25, 0.3) is 5.06 Å². The average molecular weight is 137 g/mol. The van der Waals surface area contributed by atoms with E-state index >= 15 is 0 Å². The second kappa shape index (κ2) is 2.34. The summed E-state index contributed by atoms with van der Waals surface area (Å²) in [7, 11) is 1.11. The van der Waals surface area contributed by atoms with Crippen molar-refractivity contribution in [3.63, 3.8) is 0 Å². The summed E-state index contributed by atoms with van der Waals surface area (Å²) >= 11 is 3.29. The summed E-state index contributed by atoms with van der Waals surface area (Å²) in [5, 5.41) is 6.30. The maximum atomic E-state index is 10.2. The van der Waals surface area contributed by atoms with Gasteiger partial charge in [0.2, 0.25) is 0 Å². The van der Waals surface area contributed by atoms with Crippen LogP contribution in [0.5, 0.6) is 0 Å². The third kappa shape index (κ3) is 2.15. The topological polar surface area (TPSA) is 72.5 Å². The Morgan fingerprint density at radius 3 is 2.38 bits per heavy atom. The lowest BCUT2D eigenvalue weighted by atomic mass is 10.6. The SMILES string of the molecule is COC(=O)C(N)(O)S. The van der Waals surface area contributed by atoms with E-state index < -0.39 is 11.0 Å².